The molecule has 5 N–H and O–H groups in total. The van der Waals surface area contributed by atoms with E-state index >= 15 is 0 Å². The van der Waals surface area contributed by atoms with Crippen LogP contribution in [0.1, 0.15) is 17.4 Å². The molecule has 1 heterocycles. The van der Waals surface area contributed by atoms with Crippen LogP contribution in [0.4, 0.5) is 10.2 Å². The molecule has 1 aromatic heterocycles. The second-order valence-electron chi connectivity index (χ2n) is 6.59. The Balaban J connectivity index is 1.81. The van der Waals surface area contributed by atoms with Crippen LogP contribution >= 0.6 is 0 Å². The van der Waals surface area contributed by atoms with Crippen molar-refractivity contribution in [3.05, 3.63) is 66.1 Å². The lowest BCUT2D eigenvalue weighted by atomic mass is 10.1. The van der Waals surface area contributed by atoms with Crippen LogP contribution in [0.15, 0.2) is 54.6 Å². The molecule has 8 nitrogen and oxygen atoms in total. The standard InChI is InChI=1S/C21H20FN5O3/c1-12(19(23)28)11-25-18-10-17(20(24)29)26-21(27-18)13-2-6-15(7-3-13)30-16-8-4-14(22)5-9-16/h2-10,12H,11H2,1H3,(H2,23,28)(H2,24,29)(H,25,26,27)/t12-/m0/s1. The molecule has 9 heteroatoms. The van der Waals surface area contributed by atoms with Gasteiger partial charge in [-0.25, -0.2) is 14.4 Å². The minimum atomic E-state index is -0.707. The number of carbonyl (C=O) groups is 2. The van der Waals surface area contributed by atoms with E-state index in [1.54, 1.807) is 31.2 Å². The number of amides is 2. The first-order valence-electron chi connectivity index (χ1n) is 9.08. The second-order valence-corrected chi connectivity index (χ2v) is 6.59. The molecular formula is C21H20FN5O3. The van der Waals surface area contributed by atoms with Crippen molar-refractivity contribution in [2.24, 2.45) is 17.4 Å². The minimum Gasteiger partial charge on any atom is -0.457 e. The van der Waals surface area contributed by atoms with Crippen LogP contribution < -0.4 is 21.5 Å². The zero-order valence-corrected chi connectivity index (χ0v) is 16.1. The topological polar surface area (TPSA) is 133 Å². The van der Waals surface area contributed by atoms with E-state index in [0.717, 1.165) is 0 Å². The van der Waals surface area contributed by atoms with Crippen LogP contribution in [-0.4, -0.2) is 28.3 Å². The van der Waals surface area contributed by atoms with Gasteiger partial charge in [0.15, 0.2) is 5.82 Å². The number of nitrogens with zero attached hydrogens (tertiary/aromatic N) is 2. The predicted molar refractivity (Wildman–Crippen MR) is 109 cm³/mol. The highest BCUT2D eigenvalue weighted by molar-refractivity contribution is 5.92. The third-order valence-electron chi connectivity index (χ3n) is 4.22. The predicted octanol–water partition coefficient (Wildman–Crippen LogP) is 2.71. The molecule has 154 valence electrons. The smallest absolute Gasteiger partial charge is 0.267 e. The van der Waals surface area contributed by atoms with Crippen molar-refractivity contribution >= 4 is 17.6 Å². The van der Waals surface area contributed by atoms with E-state index in [-0.39, 0.29) is 23.9 Å². The summed E-state index contributed by atoms with van der Waals surface area (Å²) in [6.07, 6.45) is 0. The van der Waals surface area contributed by atoms with Crippen molar-refractivity contribution in [1.29, 1.82) is 0 Å². The van der Waals surface area contributed by atoms with Gasteiger partial charge in [-0.05, 0) is 48.5 Å². The Labute approximate surface area is 172 Å². The average Bonchev–Trinajstić information content (AvgIpc) is 2.74. The fraction of sp³-hybridized carbons (Fsp3) is 0.143. The molecule has 0 radical (unpaired) electrons. The Hall–Kier alpha value is -4.01. The Morgan fingerprint density at radius 3 is 2.20 bits per heavy atom. The van der Waals surface area contributed by atoms with Gasteiger partial charge in [-0.2, -0.15) is 0 Å². The number of carbonyl (C=O) groups excluding carboxylic acids is 2. The lowest BCUT2D eigenvalue weighted by molar-refractivity contribution is -0.120. The van der Waals surface area contributed by atoms with Gasteiger partial charge in [-0.15, -0.1) is 0 Å². The maximum Gasteiger partial charge on any atom is 0.267 e. The number of nitrogens with one attached hydrogen (secondary N) is 1. The van der Waals surface area contributed by atoms with Crippen molar-refractivity contribution in [3.8, 4) is 22.9 Å². The van der Waals surface area contributed by atoms with Crippen LogP contribution in [0.25, 0.3) is 11.4 Å². The molecule has 0 saturated heterocycles. The zero-order chi connectivity index (χ0) is 21.7. The Kier molecular flexibility index (Phi) is 6.21. The average molecular weight is 409 g/mol. The van der Waals surface area contributed by atoms with Crippen molar-refractivity contribution in [1.82, 2.24) is 9.97 Å². The lowest BCUT2D eigenvalue weighted by Gasteiger charge is -2.12. The first kappa shape index (κ1) is 20.7. The molecule has 1 atom stereocenters. The summed E-state index contributed by atoms with van der Waals surface area (Å²) >= 11 is 0. The molecule has 0 aliphatic heterocycles. The van der Waals surface area contributed by atoms with Gasteiger partial charge in [-0.1, -0.05) is 6.92 Å². The van der Waals surface area contributed by atoms with E-state index in [4.69, 9.17) is 16.2 Å². The SMILES string of the molecule is C[C@@H](CNc1cc(C(N)=O)nc(-c2ccc(Oc3ccc(F)cc3)cc2)n1)C(N)=O. The minimum absolute atomic E-state index is 0.0286. The number of rotatable bonds is 8. The number of anilines is 1. The molecule has 3 rings (SSSR count). The summed E-state index contributed by atoms with van der Waals surface area (Å²) < 4.78 is 18.7. The number of nitrogens with two attached hydrogens (primary N) is 2. The van der Waals surface area contributed by atoms with Gasteiger partial charge in [0.2, 0.25) is 5.91 Å². The molecule has 0 aliphatic carbocycles. The lowest BCUT2D eigenvalue weighted by Crippen LogP contribution is -2.27. The monoisotopic (exact) mass is 409 g/mol. The van der Waals surface area contributed by atoms with Gasteiger partial charge < -0.3 is 21.5 Å². The number of ether oxygens (including phenoxy) is 1. The van der Waals surface area contributed by atoms with Crippen LogP contribution in [0.3, 0.4) is 0 Å². The maximum absolute atomic E-state index is 13.0. The number of halogens is 1. The van der Waals surface area contributed by atoms with Gasteiger partial charge in [0, 0.05) is 18.2 Å². The third-order valence-corrected chi connectivity index (χ3v) is 4.22. The summed E-state index contributed by atoms with van der Waals surface area (Å²) in [5.41, 5.74) is 11.3. The van der Waals surface area contributed by atoms with E-state index in [0.29, 0.717) is 22.9 Å². The molecule has 3 aromatic rings. The summed E-state index contributed by atoms with van der Waals surface area (Å²) in [5.74, 6) is -0.301. The molecular weight excluding hydrogens is 389 g/mol. The summed E-state index contributed by atoms with van der Waals surface area (Å²) in [6.45, 7) is 1.92. The first-order chi connectivity index (χ1) is 14.3. The number of hydrogen-bond donors (Lipinski definition) is 3. The third kappa shape index (κ3) is 5.28. The normalized spacial score (nSPS) is 11.5. The van der Waals surface area contributed by atoms with E-state index in [9.17, 15) is 14.0 Å². The highest BCUT2D eigenvalue weighted by Gasteiger charge is 2.13. The quantitative estimate of drug-likeness (QED) is 0.524. The van der Waals surface area contributed by atoms with Gasteiger partial charge in [0.25, 0.3) is 5.91 Å². The van der Waals surface area contributed by atoms with Gasteiger partial charge >= 0.3 is 0 Å². The summed E-state index contributed by atoms with van der Waals surface area (Å²) in [5, 5.41) is 2.96. The Bertz CT molecular complexity index is 1060. The van der Waals surface area contributed by atoms with Crippen molar-refractivity contribution < 1.29 is 18.7 Å². The van der Waals surface area contributed by atoms with Crippen molar-refractivity contribution in [2.75, 3.05) is 11.9 Å². The highest BCUT2D eigenvalue weighted by Crippen LogP contribution is 2.25. The first-order valence-corrected chi connectivity index (χ1v) is 9.08. The summed E-state index contributed by atoms with van der Waals surface area (Å²) in [7, 11) is 0. The Morgan fingerprint density at radius 1 is 1.03 bits per heavy atom. The molecule has 0 unspecified atom stereocenters. The van der Waals surface area contributed by atoms with E-state index in [1.165, 1.54) is 30.3 Å². The molecule has 30 heavy (non-hydrogen) atoms. The fourth-order valence-corrected chi connectivity index (χ4v) is 2.46. The van der Waals surface area contributed by atoms with E-state index < -0.39 is 17.7 Å². The molecule has 2 aromatic carbocycles. The Morgan fingerprint density at radius 2 is 1.63 bits per heavy atom. The maximum atomic E-state index is 13.0. The molecule has 0 fully saturated rings. The fourth-order valence-electron chi connectivity index (χ4n) is 2.46. The molecule has 0 spiro atoms. The van der Waals surface area contributed by atoms with Gasteiger partial charge in [-0.3, -0.25) is 9.59 Å². The summed E-state index contributed by atoms with van der Waals surface area (Å²) in [4.78, 5) is 31.4. The van der Waals surface area contributed by atoms with Gasteiger partial charge in [0.1, 0.15) is 28.8 Å². The molecule has 0 saturated carbocycles. The number of primary amides is 2. The van der Waals surface area contributed by atoms with Crippen LogP contribution in [0.5, 0.6) is 11.5 Å². The number of benzene rings is 2. The highest BCUT2D eigenvalue weighted by atomic mass is 19.1. The molecule has 2 amide bonds. The van der Waals surface area contributed by atoms with Crippen molar-refractivity contribution in [2.45, 2.75) is 6.92 Å². The second kappa shape index (κ2) is 8.99. The largest absolute Gasteiger partial charge is 0.457 e. The van der Waals surface area contributed by atoms with E-state index in [2.05, 4.69) is 15.3 Å². The van der Waals surface area contributed by atoms with Crippen molar-refractivity contribution in [3.63, 3.8) is 0 Å². The van der Waals surface area contributed by atoms with Crippen LogP contribution in [-0.2, 0) is 4.79 Å². The molecule has 0 bridgehead atoms. The van der Waals surface area contributed by atoms with E-state index in [1.807, 2.05) is 0 Å². The van der Waals surface area contributed by atoms with Crippen LogP contribution in [0, 0.1) is 11.7 Å². The zero-order valence-electron chi connectivity index (χ0n) is 16.1. The summed E-state index contributed by atoms with van der Waals surface area (Å²) in [6, 6.07) is 13.9. The number of hydrogen-bond acceptors (Lipinski definition) is 6. The molecule has 0 aliphatic rings. The number of aromatic nitrogens is 2. The van der Waals surface area contributed by atoms with Gasteiger partial charge in [0.05, 0.1) is 5.92 Å². The van der Waals surface area contributed by atoms with Crippen LogP contribution in [0.2, 0.25) is 0 Å².